The van der Waals surface area contributed by atoms with Gasteiger partial charge in [0.05, 0.1) is 0 Å². The van der Waals surface area contributed by atoms with Crippen LogP contribution in [0.3, 0.4) is 0 Å². The average molecular weight is 160 g/mol. The van der Waals surface area contributed by atoms with Crippen molar-refractivity contribution < 1.29 is 0 Å². The summed E-state index contributed by atoms with van der Waals surface area (Å²) in [6.07, 6.45) is 2.79. The molecule has 7 N–H and O–H groups in total. The highest BCUT2D eigenvalue weighted by Crippen LogP contribution is 1.92. The van der Waals surface area contributed by atoms with Crippen molar-refractivity contribution in [2.24, 2.45) is 17.2 Å². The van der Waals surface area contributed by atoms with E-state index in [-0.39, 0.29) is 0 Å². The minimum absolute atomic E-state index is 0.700. The van der Waals surface area contributed by atoms with E-state index in [1.54, 1.807) is 0 Å². The number of hydrogen-bond acceptors (Lipinski definition) is 4. The van der Waals surface area contributed by atoms with E-state index in [4.69, 9.17) is 17.2 Å². The van der Waals surface area contributed by atoms with Crippen LogP contribution in [-0.4, -0.2) is 18.9 Å². The van der Waals surface area contributed by atoms with Crippen LogP contribution in [0.25, 0.3) is 0 Å². The fraction of sp³-hybridized carbons (Fsp3) is 1.00. The van der Waals surface area contributed by atoms with E-state index in [0.717, 1.165) is 32.4 Å². The molecule has 0 aromatic carbocycles. The number of unbranched alkanes of at least 4 members (excludes halogenated alkanes) is 1. The van der Waals surface area contributed by atoms with Gasteiger partial charge in [-0.05, 0) is 32.4 Å². The van der Waals surface area contributed by atoms with Crippen LogP contribution < -0.4 is 22.5 Å². The topological polar surface area (TPSA) is 90.1 Å². The van der Waals surface area contributed by atoms with Gasteiger partial charge in [-0.1, -0.05) is 6.92 Å². The Balaban J connectivity index is 3.23. The van der Waals surface area contributed by atoms with Crippen LogP contribution in [0.1, 0.15) is 26.2 Å². The maximum atomic E-state index is 5.63. The zero-order chi connectivity index (χ0) is 8.74. The zero-order valence-corrected chi connectivity index (χ0v) is 7.27. The maximum Gasteiger partial charge on any atom is 0.118 e. The SMILES string of the molecule is CCC(N)(N)NCCCCN. The number of hydrogen-bond donors (Lipinski definition) is 4. The lowest BCUT2D eigenvalue weighted by Gasteiger charge is -2.24. The van der Waals surface area contributed by atoms with E-state index in [2.05, 4.69) is 5.32 Å². The van der Waals surface area contributed by atoms with Crippen LogP contribution in [0.2, 0.25) is 0 Å². The lowest BCUT2D eigenvalue weighted by Crippen LogP contribution is -2.60. The summed E-state index contributed by atoms with van der Waals surface area (Å²) in [5.74, 6) is -0.700. The van der Waals surface area contributed by atoms with Gasteiger partial charge in [-0.15, -0.1) is 0 Å². The molecule has 0 saturated heterocycles. The molecule has 0 heterocycles. The van der Waals surface area contributed by atoms with Gasteiger partial charge in [0.2, 0.25) is 0 Å². The van der Waals surface area contributed by atoms with Gasteiger partial charge in [0.25, 0.3) is 0 Å². The summed E-state index contributed by atoms with van der Waals surface area (Å²) in [5.41, 5.74) is 16.6. The minimum Gasteiger partial charge on any atom is -0.330 e. The Morgan fingerprint density at radius 3 is 2.36 bits per heavy atom. The molecular formula is C7H20N4. The number of nitrogens with two attached hydrogens (primary N) is 3. The van der Waals surface area contributed by atoms with Crippen molar-refractivity contribution in [2.75, 3.05) is 13.1 Å². The van der Waals surface area contributed by atoms with Crippen molar-refractivity contribution in [1.82, 2.24) is 5.32 Å². The summed E-state index contributed by atoms with van der Waals surface area (Å²) in [4.78, 5) is 0. The Morgan fingerprint density at radius 2 is 1.91 bits per heavy atom. The van der Waals surface area contributed by atoms with Crippen LogP contribution >= 0.6 is 0 Å². The predicted molar refractivity (Wildman–Crippen MR) is 47.7 cm³/mol. The van der Waals surface area contributed by atoms with E-state index < -0.39 is 5.79 Å². The largest absolute Gasteiger partial charge is 0.330 e. The van der Waals surface area contributed by atoms with Gasteiger partial charge < -0.3 is 17.2 Å². The van der Waals surface area contributed by atoms with E-state index >= 15 is 0 Å². The van der Waals surface area contributed by atoms with Gasteiger partial charge in [-0.3, -0.25) is 5.32 Å². The molecule has 0 aliphatic carbocycles. The molecule has 0 amide bonds. The van der Waals surface area contributed by atoms with Gasteiger partial charge >= 0.3 is 0 Å². The monoisotopic (exact) mass is 160 g/mol. The van der Waals surface area contributed by atoms with Crippen LogP contribution in [0.5, 0.6) is 0 Å². The van der Waals surface area contributed by atoms with Crippen molar-refractivity contribution in [3.8, 4) is 0 Å². The van der Waals surface area contributed by atoms with Crippen LogP contribution in [0.15, 0.2) is 0 Å². The van der Waals surface area contributed by atoms with E-state index in [0.29, 0.717) is 0 Å². The van der Waals surface area contributed by atoms with Crippen LogP contribution in [-0.2, 0) is 0 Å². The molecule has 0 bridgehead atoms. The second-order valence-electron chi connectivity index (χ2n) is 2.82. The van der Waals surface area contributed by atoms with Crippen molar-refractivity contribution in [1.29, 1.82) is 0 Å². The molecular weight excluding hydrogens is 140 g/mol. The third-order valence-corrected chi connectivity index (χ3v) is 1.67. The first-order valence-corrected chi connectivity index (χ1v) is 4.15. The highest BCUT2D eigenvalue weighted by molar-refractivity contribution is 4.70. The van der Waals surface area contributed by atoms with Crippen molar-refractivity contribution in [3.63, 3.8) is 0 Å². The van der Waals surface area contributed by atoms with E-state index in [1.165, 1.54) is 0 Å². The molecule has 0 saturated carbocycles. The van der Waals surface area contributed by atoms with Gasteiger partial charge in [0.15, 0.2) is 0 Å². The van der Waals surface area contributed by atoms with Gasteiger partial charge in [0, 0.05) is 0 Å². The first kappa shape index (κ1) is 10.8. The molecule has 0 fully saturated rings. The molecule has 0 atom stereocenters. The zero-order valence-electron chi connectivity index (χ0n) is 7.27. The van der Waals surface area contributed by atoms with Crippen molar-refractivity contribution >= 4 is 0 Å². The summed E-state index contributed by atoms with van der Waals surface area (Å²) < 4.78 is 0. The molecule has 0 aliphatic rings. The Hall–Kier alpha value is -0.160. The quantitative estimate of drug-likeness (QED) is 0.305. The molecule has 4 heteroatoms. The Bertz CT molecular complexity index is 92.4. The fourth-order valence-corrected chi connectivity index (χ4v) is 0.715. The number of rotatable bonds is 6. The lowest BCUT2D eigenvalue weighted by atomic mass is 10.2. The van der Waals surface area contributed by atoms with E-state index in [1.807, 2.05) is 6.92 Å². The molecule has 0 aliphatic heterocycles. The van der Waals surface area contributed by atoms with Gasteiger partial charge in [-0.25, -0.2) is 0 Å². The molecule has 0 spiro atoms. The second-order valence-corrected chi connectivity index (χ2v) is 2.82. The fourth-order valence-electron chi connectivity index (χ4n) is 0.715. The predicted octanol–water partition coefficient (Wildman–Crippen LogP) is -0.704. The molecule has 4 nitrogen and oxygen atoms in total. The van der Waals surface area contributed by atoms with Crippen LogP contribution in [0, 0.1) is 0 Å². The first-order valence-electron chi connectivity index (χ1n) is 4.15. The lowest BCUT2D eigenvalue weighted by molar-refractivity contribution is 0.332. The second kappa shape index (κ2) is 5.49. The van der Waals surface area contributed by atoms with E-state index in [9.17, 15) is 0 Å². The summed E-state index contributed by atoms with van der Waals surface area (Å²) in [5, 5.41) is 3.04. The maximum absolute atomic E-state index is 5.63. The molecule has 68 valence electrons. The normalized spacial score (nSPS) is 12.0. The van der Waals surface area contributed by atoms with Crippen molar-refractivity contribution in [3.05, 3.63) is 0 Å². The number of nitrogens with one attached hydrogen (secondary N) is 1. The smallest absolute Gasteiger partial charge is 0.118 e. The third kappa shape index (κ3) is 6.25. The van der Waals surface area contributed by atoms with Gasteiger partial charge in [-0.2, -0.15) is 0 Å². The van der Waals surface area contributed by atoms with Gasteiger partial charge in [0.1, 0.15) is 5.79 Å². The first-order chi connectivity index (χ1) is 5.12. The standard InChI is InChI=1S/C7H20N4/c1-2-7(9,10)11-6-4-3-5-8/h11H,2-6,8-10H2,1H3. The minimum atomic E-state index is -0.700. The summed E-state index contributed by atoms with van der Waals surface area (Å²) >= 11 is 0. The molecule has 0 rings (SSSR count). The third-order valence-electron chi connectivity index (χ3n) is 1.67. The van der Waals surface area contributed by atoms with Crippen LogP contribution in [0.4, 0.5) is 0 Å². The highest BCUT2D eigenvalue weighted by atomic mass is 15.2. The molecule has 11 heavy (non-hydrogen) atoms. The Labute approximate surface area is 68.5 Å². The summed E-state index contributed by atoms with van der Waals surface area (Å²) in [7, 11) is 0. The molecule has 0 aromatic rings. The average Bonchev–Trinajstić information content (AvgIpc) is 1.99. The van der Waals surface area contributed by atoms with Crippen molar-refractivity contribution in [2.45, 2.75) is 32.0 Å². The summed E-state index contributed by atoms with van der Waals surface area (Å²) in [6, 6.07) is 0. The molecule has 0 aromatic heterocycles. The Kier molecular flexibility index (Phi) is 5.41. The Morgan fingerprint density at radius 1 is 1.27 bits per heavy atom. The molecule has 0 unspecified atom stereocenters. The highest BCUT2D eigenvalue weighted by Gasteiger charge is 2.12. The summed E-state index contributed by atoms with van der Waals surface area (Å²) in [6.45, 7) is 3.53. The molecule has 0 radical (unpaired) electrons.